The molecule has 5 nitrogen and oxygen atoms in total. The van der Waals surface area contributed by atoms with Crippen LogP contribution in [-0.4, -0.2) is 41.8 Å². The molecule has 1 heterocycles. The molecule has 1 N–H and O–H groups in total. The van der Waals surface area contributed by atoms with Gasteiger partial charge in [-0.05, 0) is 30.0 Å². The van der Waals surface area contributed by atoms with Gasteiger partial charge in [-0.3, -0.25) is 4.99 Å². The number of fused-ring (bicyclic) bond motifs is 1. The molecule has 0 spiro atoms. The minimum absolute atomic E-state index is 0.0499. The van der Waals surface area contributed by atoms with Gasteiger partial charge in [0.05, 0.1) is 38.6 Å². The SMILES string of the molecule is CCNC1=N[C@@H]2[C@@H](OCc3ccccc3)[C@H](OCc3ccccc3)[C@@H](COCc3ccccc3)C[C@@H]2S1. The summed E-state index contributed by atoms with van der Waals surface area (Å²) in [5.41, 5.74) is 3.50. The monoisotopic (exact) mass is 516 g/mol. The predicted octanol–water partition coefficient (Wildman–Crippen LogP) is 5.84. The normalized spacial score (nSPS) is 24.9. The van der Waals surface area contributed by atoms with Gasteiger partial charge >= 0.3 is 0 Å². The second kappa shape index (κ2) is 13.2. The van der Waals surface area contributed by atoms with Gasteiger partial charge in [-0.2, -0.15) is 0 Å². The van der Waals surface area contributed by atoms with Crippen LogP contribution in [0.1, 0.15) is 30.0 Å². The Morgan fingerprint density at radius 2 is 1.30 bits per heavy atom. The number of benzene rings is 3. The van der Waals surface area contributed by atoms with Gasteiger partial charge in [0.15, 0.2) is 5.17 Å². The molecule has 0 saturated heterocycles. The summed E-state index contributed by atoms with van der Waals surface area (Å²) < 4.78 is 19.6. The van der Waals surface area contributed by atoms with Crippen LogP contribution in [0.5, 0.6) is 0 Å². The van der Waals surface area contributed by atoms with Crippen LogP contribution in [0.3, 0.4) is 0 Å². The third kappa shape index (κ3) is 7.02. The molecule has 5 atom stereocenters. The molecular formula is C31H36N2O3S. The van der Waals surface area contributed by atoms with E-state index in [2.05, 4.69) is 85.0 Å². The third-order valence-corrected chi connectivity index (χ3v) is 8.16. The summed E-state index contributed by atoms with van der Waals surface area (Å²) in [6.07, 6.45) is 0.704. The van der Waals surface area contributed by atoms with Gasteiger partial charge in [-0.15, -0.1) is 0 Å². The molecule has 6 heteroatoms. The smallest absolute Gasteiger partial charge is 0.157 e. The summed E-state index contributed by atoms with van der Waals surface area (Å²) in [5.74, 6) is 0.207. The van der Waals surface area contributed by atoms with Crippen LogP contribution in [0.25, 0.3) is 0 Å². The number of rotatable bonds is 11. The van der Waals surface area contributed by atoms with Crippen molar-refractivity contribution in [1.82, 2.24) is 5.32 Å². The number of nitrogens with one attached hydrogen (secondary N) is 1. The Morgan fingerprint density at radius 3 is 1.86 bits per heavy atom. The maximum Gasteiger partial charge on any atom is 0.157 e. The molecule has 5 rings (SSSR count). The fourth-order valence-electron chi connectivity index (χ4n) is 5.09. The van der Waals surface area contributed by atoms with Crippen LogP contribution in [0, 0.1) is 5.92 Å². The Hall–Kier alpha value is -2.64. The number of amidine groups is 1. The zero-order valence-electron chi connectivity index (χ0n) is 21.4. The molecule has 0 unspecified atom stereocenters. The van der Waals surface area contributed by atoms with E-state index in [1.807, 2.05) is 30.0 Å². The number of aliphatic imine (C=N–C) groups is 1. The standard InChI is InChI=1S/C31H36N2O3S/c1-2-32-31-33-28-27(37-31)18-26(22-34-19-23-12-6-3-7-13-23)29(35-20-24-14-8-4-9-15-24)30(28)36-21-25-16-10-5-11-17-25/h3-17,26-30H,2,18-22H2,1H3,(H,32,33)/t26-,27+,28+,29-,30-/m1/s1. The van der Waals surface area contributed by atoms with E-state index in [-0.39, 0.29) is 24.2 Å². The molecule has 3 aromatic carbocycles. The van der Waals surface area contributed by atoms with Crippen LogP contribution >= 0.6 is 11.8 Å². The van der Waals surface area contributed by atoms with Crippen molar-refractivity contribution >= 4 is 16.9 Å². The zero-order valence-corrected chi connectivity index (χ0v) is 22.2. The first kappa shape index (κ1) is 26.0. The summed E-state index contributed by atoms with van der Waals surface area (Å²) >= 11 is 1.84. The van der Waals surface area contributed by atoms with E-state index in [1.165, 1.54) is 5.56 Å². The molecular weight excluding hydrogens is 480 g/mol. The minimum atomic E-state index is -0.156. The van der Waals surface area contributed by atoms with E-state index in [1.54, 1.807) is 0 Å². The molecule has 3 aromatic rings. The van der Waals surface area contributed by atoms with Gasteiger partial charge < -0.3 is 19.5 Å². The summed E-state index contributed by atoms with van der Waals surface area (Å²) in [6.45, 7) is 5.27. The quantitative estimate of drug-likeness (QED) is 0.347. The lowest BCUT2D eigenvalue weighted by Crippen LogP contribution is -2.54. The van der Waals surface area contributed by atoms with E-state index in [0.29, 0.717) is 31.7 Å². The third-order valence-electron chi connectivity index (χ3n) is 6.91. The average molecular weight is 517 g/mol. The van der Waals surface area contributed by atoms with E-state index >= 15 is 0 Å². The summed E-state index contributed by atoms with van der Waals surface area (Å²) in [6, 6.07) is 31.1. The Morgan fingerprint density at radius 1 is 0.757 bits per heavy atom. The molecule has 0 aromatic heterocycles. The Bertz CT molecular complexity index is 1110. The first-order valence-corrected chi connectivity index (χ1v) is 14.1. The molecule has 2 aliphatic rings. The van der Waals surface area contributed by atoms with Gasteiger partial charge in [0.25, 0.3) is 0 Å². The van der Waals surface area contributed by atoms with Crippen molar-refractivity contribution in [2.45, 2.75) is 56.7 Å². The number of hydrogen-bond acceptors (Lipinski definition) is 6. The van der Waals surface area contributed by atoms with Crippen LogP contribution in [0.4, 0.5) is 0 Å². The molecule has 1 aliphatic carbocycles. The van der Waals surface area contributed by atoms with Gasteiger partial charge in [0, 0.05) is 17.7 Å². The zero-order chi connectivity index (χ0) is 25.3. The van der Waals surface area contributed by atoms with Gasteiger partial charge in [0.2, 0.25) is 0 Å². The van der Waals surface area contributed by atoms with Crippen molar-refractivity contribution in [2.75, 3.05) is 13.2 Å². The fourth-order valence-corrected chi connectivity index (χ4v) is 6.49. The number of nitrogens with zero attached hydrogens (tertiary/aromatic N) is 1. The second-order valence-electron chi connectivity index (χ2n) is 9.63. The lowest BCUT2D eigenvalue weighted by atomic mass is 9.81. The molecule has 194 valence electrons. The Labute approximate surface area is 224 Å². The molecule has 0 amide bonds. The Balaban J connectivity index is 1.36. The van der Waals surface area contributed by atoms with Crippen molar-refractivity contribution < 1.29 is 14.2 Å². The van der Waals surface area contributed by atoms with E-state index in [4.69, 9.17) is 19.2 Å². The van der Waals surface area contributed by atoms with E-state index in [0.717, 1.165) is 29.3 Å². The first-order valence-electron chi connectivity index (χ1n) is 13.2. The van der Waals surface area contributed by atoms with Crippen molar-refractivity contribution in [3.05, 3.63) is 108 Å². The number of thioether (sulfide) groups is 1. The lowest BCUT2D eigenvalue weighted by Gasteiger charge is -2.42. The van der Waals surface area contributed by atoms with Crippen molar-refractivity contribution in [3.8, 4) is 0 Å². The molecule has 1 aliphatic heterocycles. The van der Waals surface area contributed by atoms with Crippen molar-refractivity contribution in [2.24, 2.45) is 10.9 Å². The maximum absolute atomic E-state index is 6.68. The molecule has 37 heavy (non-hydrogen) atoms. The summed E-state index contributed by atoms with van der Waals surface area (Å²) in [7, 11) is 0. The number of ether oxygens (including phenoxy) is 3. The average Bonchev–Trinajstić information content (AvgIpc) is 3.35. The van der Waals surface area contributed by atoms with Crippen LogP contribution < -0.4 is 5.32 Å². The predicted molar refractivity (Wildman–Crippen MR) is 151 cm³/mol. The van der Waals surface area contributed by atoms with Gasteiger partial charge in [-0.1, -0.05) is 103 Å². The number of hydrogen-bond donors (Lipinski definition) is 1. The van der Waals surface area contributed by atoms with Crippen molar-refractivity contribution in [1.29, 1.82) is 0 Å². The molecule has 1 saturated carbocycles. The van der Waals surface area contributed by atoms with Gasteiger partial charge in [-0.25, -0.2) is 0 Å². The lowest BCUT2D eigenvalue weighted by molar-refractivity contribution is -0.145. The van der Waals surface area contributed by atoms with E-state index < -0.39 is 0 Å². The van der Waals surface area contributed by atoms with E-state index in [9.17, 15) is 0 Å². The summed E-state index contributed by atoms with van der Waals surface area (Å²) in [4.78, 5) is 5.08. The fraction of sp³-hybridized carbons (Fsp3) is 0.387. The maximum atomic E-state index is 6.68. The summed E-state index contributed by atoms with van der Waals surface area (Å²) in [5, 5.41) is 4.79. The van der Waals surface area contributed by atoms with Crippen LogP contribution in [0.2, 0.25) is 0 Å². The minimum Gasteiger partial charge on any atom is -0.376 e. The highest BCUT2D eigenvalue weighted by Gasteiger charge is 2.49. The van der Waals surface area contributed by atoms with Gasteiger partial charge in [0.1, 0.15) is 6.10 Å². The largest absolute Gasteiger partial charge is 0.376 e. The van der Waals surface area contributed by atoms with Crippen LogP contribution in [0.15, 0.2) is 96.0 Å². The first-order chi connectivity index (χ1) is 18.3. The van der Waals surface area contributed by atoms with Crippen molar-refractivity contribution in [3.63, 3.8) is 0 Å². The molecule has 0 radical (unpaired) electrons. The second-order valence-corrected chi connectivity index (χ2v) is 10.9. The molecule has 0 bridgehead atoms. The highest BCUT2D eigenvalue weighted by atomic mass is 32.2. The Kier molecular flexibility index (Phi) is 9.30. The van der Waals surface area contributed by atoms with Crippen LogP contribution in [-0.2, 0) is 34.0 Å². The topological polar surface area (TPSA) is 52.1 Å². The molecule has 1 fully saturated rings. The highest BCUT2D eigenvalue weighted by molar-refractivity contribution is 8.14. The highest BCUT2D eigenvalue weighted by Crippen LogP contribution is 2.42.